The third kappa shape index (κ3) is 1.70. The van der Waals surface area contributed by atoms with Crippen molar-refractivity contribution in [3.63, 3.8) is 0 Å². The maximum atomic E-state index is 9.26. The summed E-state index contributed by atoms with van der Waals surface area (Å²) in [5.74, 6) is 0.793. The highest BCUT2D eigenvalue weighted by Crippen LogP contribution is 2.28. The second-order valence-corrected chi connectivity index (χ2v) is 4.36. The first-order chi connectivity index (χ1) is 7.24. The molecule has 2 heterocycles. The topological polar surface area (TPSA) is 27.0 Å². The Morgan fingerprint density at radius 3 is 1.80 bits per heavy atom. The lowest BCUT2D eigenvalue weighted by Gasteiger charge is -2.32. The Labute approximate surface area is 91.2 Å². The van der Waals surface area contributed by atoms with Crippen LogP contribution in [0.15, 0.2) is 36.5 Å². The number of nitriles is 1. The van der Waals surface area contributed by atoms with Crippen molar-refractivity contribution in [2.75, 3.05) is 0 Å². The van der Waals surface area contributed by atoms with Gasteiger partial charge in [0.2, 0.25) is 0 Å². The van der Waals surface area contributed by atoms with E-state index >= 15 is 0 Å². The molecule has 2 nitrogen and oxygen atoms in total. The lowest BCUT2D eigenvalue weighted by atomic mass is 10.0. The molecule has 0 amide bonds. The Morgan fingerprint density at radius 2 is 1.40 bits per heavy atom. The Morgan fingerprint density at radius 1 is 0.933 bits per heavy atom. The number of rotatable bonds is 0. The second-order valence-electron chi connectivity index (χ2n) is 4.36. The average molecular weight is 200 g/mol. The summed E-state index contributed by atoms with van der Waals surface area (Å²) >= 11 is 0. The number of allylic oxidation sites excluding steroid dienone is 2. The van der Waals surface area contributed by atoms with Crippen LogP contribution in [0.5, 0.6) is 0 Å². The molecule has 2 rings (SSSR count). The first-order valence-corrected chi connectivity index (χ1v) is 5.45. The largest absolute Gasteiger partial charge is 0.296 e. The van der Waals surface area contributed by atoms with Crippen LogP contribution in [0.3, 0.4) is 0 Å². The molecule has 4 unspecified atom stereocenters. The summed E-state index contributed by atoms with van der Waals surface area (Å²) in [5.41, 5.74) is 0. The van der Waals surface area contributed by atoms with Crippen LogP contribution in [0.1, 0.15) is 13.8 Å². The number of hydrogen-bond donors (Lipinski definition) is 0. The van der Waals surface area contributed by atoms with Crippen molar-refractivity contribution in [1.29, 1.82) is 5.26 Å². The SMILES string of the molecule is CC1C=CC(C)C2C=CC=CC1N2C#N. The molecule has 0 radical (unpaired) electrons. The van der Waals surface area contributed by atoms with Crippen LogP contribution in [0.25, 0.3) is 0 Å². The molecule has 0 N–H and O–H groups in total. The van der Waals surface area contributed by atoms with Crippen molar-refractivity contribution in [2.45, 2.75) is 25.9 Å². The molecular weight excluding hydrogens is 184 g/mol. The zero-order valence-corrected chi connectivity index (χ0v) is 9.17. The Kier molecular flexibility index (Phi) is 2.64. The van der Waals surface area contributed by atoms with E-state index in [1.165, 1.54) is 0 Å². The molecule has 0 aromatic rings. The van der Waals surface area contributed by atoms with Gasteiger partial charge in [-0.2, -0.15) is 5.26 Å². The molecule has 4 atom stereocenters. The molecule has 0 saturated heterocycles. The molecule has 2 aliphatic heterocycles. The lowest BCUT2D eigenvalue weighted by Crippen LogP contribution is -2.41. The fraction of sp³-hybridized carbons (Fsp3) is 0.462. The quantitative estimate of drug-likeness (QED) is 0.443. The first-order valence-electron chi connectivity index (χ1n) is 5.45. The third-order valence-electron chi connectivity index (χ3n) is 3.28. The van der Waals surface area contributed by atoms with E-state index in [1.807, 2.05) is 4.90 Å². The zero-order valence-electron chi connectivity index (χ0n) is 9.17. The van der Waals surface area contributed by atoms with Crippen molar-refractivity contribution in [2.24, 2.45) is 11.8 Å². The monoisotopic (exact) mass is 200 g/mol. The Hall–Kier alpha value is -1.49. The molecule has 0 aromatic heterocycles. The van der Waals surface area contributed by atoms with Gasteiger partial charge in [0.1, 0.15) is 0 Å². The van der Waals surface area contributed by atoms with E-state index in [0.717, 1.165) is 0 Å². The summed E-state index contributed by atoms with van der Waals surface area (Å²) in [4.78, 5) is 1.91. The Balaban J connectivity index is 2.43. The minimum Gasteiger partial charge on any atom is -0.296 e. The van der Waals surface area contributed by atoms with Crippen molar-refractivity contribution in [3.05, 3.63) is 36.5 Å². The zero-order chi connectivity index (χ0) is 10.8. The van der Waals surface area contributed by atoms with Crippen LogP contribution < -0.4 is 0 Å². The second kappa shape index (κ2) is 3.94. The molecule has 2 bridgehead atoms. The van der Waals surface area contributed by atoms with E-state index < -0.39 is 0 Å². The van der Waals surface area contributed by atoms with Gasteiger partial charge in [0.15, 0.2) is 6.19 Å². The Bertz CT molecular complexity index is 331. The smallest absolute Gasteiger partial charge is 0.180 e. The van der Waals surface area contributed by atoms with Crippen LogP contribution in [0, 0.1) is 23.3 Å². The molecule has 0 saturated carbocycles. The average Bonchev–Trinajstić information content (AvgIpc) is 2.51. The summed E-state index contributed by atoms with van der Waals surface area (Å²) in [5, 5.41) is 9.26. The summed E-state index contributed by atoms with van der Waals surface area (Å²) < 4.78 is 0. The molecule has 2 aliphatic rings. The maximum absolute atomic E-state index is 9.26. The molecule has 0 aliphatic carbocycles. The highest BCUT2D eigenvalue weighted by atomic mass is 15.2. The van der Waals surface area contributed by atoms with Crippen LogP contribution >= 0.6 is 0 Å². The minimum absolute atomic E-state index is 0.205. The van der Waals surface area contributed by atoms with Gasteiger partial charge in [-0.1, -0.05) is 50.3 Å². The highest BCUT2D eigenvalue weighted by Gasteiger charge is 2.31. The highest BCUT2D eigenvalue weighted by molar-refractivity contribution is 5.23. The molecule has 78 valence electrons. The van der Waals surface area contributed by atoms with E-state index in [2.05, 4.69) is 56.5 Å². The third-order valence-corrected chi connectivity index (χ3v) is 3.28. The predicted molar refractivity (Wildman–Crippen MR) is 60.8 cm³/mol. The van der Waals surface area contributed by atoms with E-state index in [1.54, 1.807) is 0 Å². The fourth-order valence-corrected chi connectivity index (χ4v) is 2.31. The van der Waals surface area contributed by atoms with E-state index in [0.29, 0.717) is 11.8 Å². The maximum Gasteiger partial charge on any atom is 0.180 e. The van der Waals surface area contributed by atoms with Gasteiger partial charge in [0, 0.05) is 0 Å². The standard InChI is InChI=1S/C13H16N2/c1-10-7-8-11(2)13-6-4-3-5-12(10)15(13)9-14/h3-8,10-13H,1-2H3. The van der Waals surface area contributed by atoms with E-state index in [9.17, 15) is 5.26 Å². The number of hydrogen-bond acceptors (Lipinski definition) is 2. The van der Waals surface area contributed by atoms with Crippen molar-refractivity contribution in [3.8, 4) is 6.19 Å². The van der Waals surface area contributed by atoms with Gasteiger partial charge in [-0.15, -0.1) is 0 Å². The van der Waals surface area contributed by atoms with Gasteiger partial charge < -0.3 is 0 Å². The molecule has 0 fully saturated rings. The summed E-state index contributed by atoms with van der Waals surface area (Å²) in [7, 11) is 0. The fourth-order valence-electron chi connectivity index (χ4n) is 2.31. The molecule has 0 spiro atoms. The number of nitrogens with zero attached hydrogens (tertiary/aromatic N) is 2. The summed E-state index contributed by atoms with van der Waals surface area (Å²) in [6, 6.07) is 0.410. The lowest BCUT2D eigenvalue weighted by molar-refractivity contribution is 0.233. The normalized spacial score (nSPS) is 38.3. The van der Waals surface area contributed by atoms with Crippen molar-refractivity contribution >= 4 is 0 Å². The molecule has 2 heteroatoms. The molecular formula is C13H16N2. The van der Waals surface area contributed by atoms with Crippen LogP contribution in [-0.4, -0.2) is 17.0 Å². The van der Waals surface area contributed by atoms with Gasteiger partial charge in [-0.05, 0) is 11.8 Å². The van der Waals surface area contributed by atoms with Crippen LogP contribution in [-0.2, 0) is 0 Å². The van der Waals surface area contributed by atoms with Gasteiger partial charge in [-0.25, -0.2) is 0 Å². The minimum atomic E-state index is 0.205. The van der Waals surface area contributed by atoms with Gasteiger partial charge in [0.05, 0.1) is 12.1 Å². The predicted octanol–water partition coefficient (Wildman–Crippen LogP) is 2.47. The first kappa shape index (κ1) is 10.0. The number of fused-ring (bicyclic) bond motifs is 2. The van der Waals surface area contributed by atoms with Gasteiger partial charge in [-0.3, -0.25) is 4.90 Å². The van der Waals surface area contributed by atoms with Crippen molar-refractivity contribution < 1.29 is 0 Å². The van der Waals surface area contributed by atoms with E-state index in [-0.39, 0.29) is 12.1 Å². The molecule has 15 heavy (non-hydrogen) atoms. The van der Waals surface area contributed by atoms with Gasteiger partial charge in [0.25, 0.3) is 0 Å². The van der Waals surface area contributed by atoms with Crippen LogP contribution in [0.2, 0.25) is 0 Å². The van der Waals surface area contributed by atoms with Gasteiger partial charge >= 0.3 is 0 Å². The van der Waals surface area contributed by atoms with Crippen LogP contribution in [0.4, 0.5) is 0 Å². The summed E-state index contributed by atoms with van der Waals surface area (Å²) in [6.07, 6.45) is 15.1. The molecule has 0 aromatic carbocycles. The van der Waals surface area contributed by atoms with E-state index in [4.69, 9.17) is 0 Å². The van der Waals surface area contributed by atoms with Crippen molar-refractivity contribution in [1.82, 2.24) is 4.90 Å². The summed E-state index contributed by atoms with van der Waals surface area (Å²) in [6.45, 7) is 4.33.